The summed E-state index contributed by atoms with van der Waals surface area (Å²) in [7, 11) is 0. The van der Waals surface area contributed by atoms with Gasteiger partial charge in [-0.3, -0.25) is 9.59 Å². The molecule has 1 unspecified atom stereocenters. The molecule has 0 aliphatic carbocycles. The first kappa shape index (κ1) is 26.3. The molecule has 0 aliphatic heterocycles. The lowest BCUT2D eigenvalue weighted by atomic mass is 10.0. The van der Waals surface area contributed by atoms with Gasteiger partial charge in [-0.15, -0.1) is 0 Å². The van der Waals surface area contributed by atoms with Crippen molar-refractivity contribution in [3.05, 3.63) is 99.5 Å². The van der Waals surface area contributed by atoms with E-state index in [0.717, 1.165) is 5.56 Å². The molecule has 182 valence electrons. The Hall–Kier alpha value is -3.35. The standard InChI is InChI=1S/C27H27Cl2N3O3/c1-18(2)15-24(31-26(33)19-11-13-22(28)14-12-19)27(34)32-30-16-20-7-4-6-10-25(20)35-17-21-8-3-5-9-23(21)29/h3-14,16,18,24H,15,17H2,1-2H3,(H,31,33)(H,32,34). The molecule has 0 bridgehead atoms. The number of ether oxygens (including phenoxy) is 1. The molecule has 0 aromatic heterocycles. The lowest BCUT2D eigenvalue weighted by molar-refractivity contribution is -0.123. The number of amides is 2. The van der Waals surface area contributed by atoms with Crippen molar-refractivity contribution in [1.82, 2.24) is 10.7 Å². The lowest BCUT2D eigenvalue weighted by Crippen LogP contribution is -2.46. The van der Waals surface area contributed by atoms with Crippen LogP contribution in [0.25, 0.3) is 0 Å². The predicted molar refractivity (Wildman–Crippen MR) is 140 cm³/mol. The van der Waals surface area contributed by atoms with Gasteiger partial charge in [-0.1, -0.05) is 67.4 Å². The minimum absolute atomic E-state index is 0.180. The molecule has 6 nitrogen and oxygen atoms in total. The van der Waals surface area contributed by atoms with Gasteiger partial charge in [0.15, 0.2) is 0 Å². The monoisotopic (exact) mass is 511 g/mol. The topological polar surface area (TPSA) is 79.8 Å². The number of nitrogens with one attached hydrogen (secondary N) is 2. The van der Waals surface area contributed by atoms with E-state index in [-0.39, 0.29) is 11.8 Å². The fraction of sp³-hybridized carbons (Fsp3) is 0.222. The number of hydrogen-bond donors (Lipinski definition) is 2. The van der Waals surface area contributed by atoms with Crippen LogP contribution in [0.4, 0.5) is 0 Å². The number of nitrogens with zero attached hydrogens (tertiary/aromatic N) is 1. The third-order valence-electron chi connectivity index (χ3n) is 5.07. The second kappa shape index (κ2) is 12.9. The highest BCUT2D eigenvalue weighted by Gasteiger charge is 2.22. The van der Waals surface area contributed by atoms with Gasteiger partial charge in [0.05, 0.1) is 6.21 Å². The quantitative estimate of drug-likeness (QED) is 0.264. The van der Waals surface area contributed by atoms with Crippen molar-refractivity contribution in [2.45, 2.75) is 32.9 Å². The molecule has 3 rings (SSSR count). The van der Waals surface area contributed by atoms with E-state index in [1.54, 1.807) is 24.3 Å². The summed E-state index contributed by atoms with van der Waals surface area (Å²) in [6.07, 6.45) is 1.96. The van der Waals surface area contributed by atoms with Gasteiger partial charge in [-0.25, -0.2) is 5.43 Å². The number of carbonyl (C=O) groups is 2. The van der Waals surface area contributed by atoms with Crippen LogP contribution in [-0.2, 0) is 11.4 Å². The number of hydrogen-bond acceptors (Lipinski definition) is 4. The largest absolute Gasteiger partial charge is 0.488 e. The molecule has 8 heteroatoms. The first-order valence-electron chi connectivity index (χ1n) is 11.2. The van der Waals surface area contributed by atoms with E-state index in [1.807, 2.05) is 62.4 Å². The first-order chi connectivity index (χ1) is 16.8. The molecule has 2 amide bonds. The number of para-hydroxylation sites is 1. The summed E-state index contributed by atoms with van der Waals surface area (Å²) in [6.45, 7) is 4.25. The second-order valence-corrected chi connectivity index (χ2v) is 9.16. The number of rotatable bonds is 10. The molecule has 0 radical (unpaired) electrons. The zero-order chi connectivity index (χ0) is 25.2. The Morgan fingerprint density at radius 1 is 0.971 bits per heavy atom. The van der Waals surface area contributed by atoms with E-state index in [2.05, 4.69) is 15.8 Å². The summed E-state index contributed by atoms with van der Waals surface area (Å²) in [5.74, 6) is 0.0101. The molecule has 0 saturated heterocycles. The summed E-state index contributed by atoms with van der Waals surface area (Å²) in [4.78, 5) is 25.4. The second-order valence-electron chi connectivity index (χ2n) is 8.31. The van der Waals surface area contributed by atoms with Gasteiger partial charge in [0.25, 0.3) is 11.8 Å². The molecule has 2 N–H and O–H groups in total. The summed E-state index contributed by atoms with van der Waals surface area (Å²) < 4.78 is 5.92. The van der Waals surface area contributed by atoms with Crippen LogP contribution in [0.5, 0.6) is 5.75 Å². The molecule has 0 fully saturated rings. The van der Waals surface area contributed by atoms with E-state index < -0.39 is 11.9 Å². The van der Waals surface area contributed by atoms with Crippen molar-refractivity contribution in [3.8, 4) is 5.75 Å². The maximum Gasteiger partial charge on any atom is 0.262 e. The Bertz CT molecular complexity index is 1180. The minimum atomic E-state index is -0.748. The predicted octanol–water partition coefficient (Wildman–Crippen LogP) is 5.87. The highest BCUT2D eigenvalue weighted by atomic mass is 35.5. The van der Waals surface area contributed by atoms with Crippen LogP contribution < -0.4 is 15.5 Å². The van der Waals surface area contributed by atoms with Crippen molar-refractivity contribution >= 4 is 41.2 Å². The van der Waals surface area contributed by atoms with E-state index in [0.29, 0.717) is 39.9 Å². The van der Waals surface area contributed by atoms with Gasteiger partial charge in [-0.05, 0) is 54.8 Å². The van der Waals surface area contributed by atoms with Gasteiger partial charge >= 0.3 is 0 Å². The molecule has 0 heterocycles. The maximum atomic E-state index is 12.8. The Morgan fingerprint density at radius 2 is 1.66 bits per heavy atom. The smallest absolute Gasteiger partial charge is 0.262 e. The summed E-state index contributed by atoms with van der Waals surface area (Å²) in [5, 5.41) is 8.04. The highest BCUT2D eigenvalue weighted by molar-refractivity contribution is 6.31. The maximum absolute atomic E-state index is 12.8. The molecule has 0 aliphatic rings. The van der Waals surface area contributed by atoms with E-state index >= 15 is 0 Å². The number of halogens is 2. The highest BCUT2D eigenvalue weighted by Crippen LogP contribution is 2.21. The van der Waals surface area contributed by atoms with Crippen molar-refractivity contribution in [2.24, 2.45) is 11.0 Å². The van der Waals surface area contributed by atoms with Crippen molar-refractivity contribution in [2.75, 3.05) is 0 Å². The average Bonchev–Trinajstić information content (AvgIpc) is 2.84. The Morgan fingerprint density at radius 3 is 2.37 bits per heavy atom. The van der Waals surface area contributed by atoms with Crippen molar-refractivity contribution in [3.63, 3.8) is 0 Å². The Labute approximate surface area is 215 Å². The fourth-order valence-corrected chi connectivity index (χ4v) is 3.59. The molecule has 3 aromatic carbocycles. The van der Waals surface area contributed by atoms with Crippen LogP contribution in [0.15, 0.2) is 77.9 Å². The molecule has 1 atom stereocenters. The molecule has 0 saturated carbocycles. The molecule has 35 heavy (non-hydrogen) atoms. The molecule has 3 aromatic rings. The summed E-state index contributed by atoms with van der Waals surface area (Å²) >= 11 is 12.1. The molecular formula is C27H27Cl2N3O3. The normalized spacial score (nSPS) is 11.9. The number of benzene rings is 3. The Kier molecular flexibility index (Phi) is 9.70. The average molecular weight is 512 g/mol. The van der Waals surface area contributed by atoms with Crippen LogP contribution in [0.2, 0.25) is 10.0 Å². The van der Waals surface area contributed by atoms with E-state index in [9.17, 15) is 9.59 Å². The molecule has 0 spiro atoms. The number of carbonyl (C=O) groups excluding carboxylic acids is 2. The van der Waals surface area contributed by atoms with Crippen LogP contribution in [0.3, 0.4) is 0 Å². The van der Waals surface area contributed by atoms with Crippen LogP contribution in [-0.4, -0.2) is 24.1 Å². The van der Waals surface area contributed by atoms with Crippen LogP contribution >= 0.6 is 23.2 Å². The zero-order valence-electron chi connectivity index (χ0n) is 19.5. The lowest BCUT2D eigenvalue weighted by Gasteiger charge is -2.19. The fourth-order valence-electron chi connectivity index (χ4n) is 3.28. The first-order valence-corrected chi connectivity index (χ1v) is 11.9. The minimum Gasteiger partial charge on any atom is -0.488 e. The van der Waals surface area contributed by atoms with Crippen LogP contribution in [0.1, 0.15) is 41.8 Å². The third-order valence-corrected chi connectivity index (χ3v) is 5.69. The summed E-state index contributed by atoms with van der Waals surface area (Å²) in [5.41, 5.74) is 4.50. The van der Waals surface area contributed by atoms with Crippen molar-refractivity contribution in [1.29, 1.82) is 0 Å². The van der Waals surface area contributed by atoms with E-state index in [1.165, 1.54) is 6.21 Å². The van der Waals surface area contributed by atoms with Gasteiger partial charge in [0, 0.05) is 26.7 Å². The third kappa shape index (κ3) is 8.12. The SMILES string of the molecule is CC(C)CC(NC(=O)c1ccc(Cl)cc1)C(=O)NN=Cc1ccccc1OCc1ccccc1Cl. The van der Waals surface area contributed by atoms with Gasteiger partial charge in [0.2, 0.25) is 0 Å². The number of hydrazone groups is 1. The van der Waals surface area contributed by atoms with Gasteiger partial charge in [0.1, 0.15) is 18.4 Å². The van der Waals surface area contributed by atoms with E-state index in [4.69, 9.17) is 27.9 Å². The van der Waals surface area contributed by atoms with Gasteiger partial charge in [-0.2, -0.15) is 5.10 Å². The Balaban J connectivity index is 1.64. The van der Waals surface area contributed by atoms with Gasteiger partial charge < -0.3 is 10.1 Å². The summed E-state index contributed by atoms with van der Waals surface area (Å²) in [6, 6.07) is 20.5. The molecular weight excluding hydrogens is 485 g/mol. The van der Waals surface area contributed by atoms with Crippen LogP contribution in [0, 0.1) is 5.92 Å². The zero-order valence-corrected chi connectivity index (χ0v) is 21.0. The van der Waals surface area contributed by atoms with Crippen molar-refractivity contribution < 1.29 is 14.3 Å².